The number of aromatic nitrogens is 2. The van der Waals surface area contributed by atoms with E-state index in [9.17, 15) is 0 Å². The standard InChI is InChI=1S/C13H18N4/c1-16(2)8-9-17-13(14)10-12(15-17)11-6-4-3-5-7-11/h3-7,10H,8-9,14H2,1-2H3. The van der Waals surface area contributed by atoms with Gasteiger partial charge in [0, 0.05) is 18.2 Å². The first kappa shape index (κ1) is 11.7. The zero-order valence-electron chi connectivity index (χ0n) is 10.3. The summed E-state index contributed by atoms with van der Waals surface area (Å²) in [7, 11) is 4.08. The molecule has 0 amide bonds. The van der Waals surface area contributed by atoms with E-state index in [1.54, 1.807) is 0 Å². The Morgan fingerprint density at radius 3 is 2.59 bits per heavy atom. The summed E-state index contributed by atoms with van der Waals surface area (Å²) in [5.41, 5.74) is 7.98. The number of hydrogen-bond donors (Lipinski definition) is 1. The Balaban J connectivity index is 2.19. The molecule has 2 N–H and O–H groups in total. The van der Waals surface area contributed by atoms with Gasteiger partial charge in [-0.1, -0.05) is 30.3 Å². The van der Waals surface area contributed by atoms with Crippen LogP contribution in [0, 0.1) is 0 Å². The van der Waals surface area contributed by atoms with Gasteiger partial charge in [-0.05, 0) is 14.1 Å². The number of benzene rings is 1. The van der Waals surface area contributed by atoms with Crippen molar-refractivity contribution >= 4 is 5.82 Å². The fourth-order valence-electron chi connectivity index (χ4n) is 1.66. The molecule has 2 aromatic rings. The molecule has 0 spiro atoms. The molecule has 0 saturated carbocycles. The summed E-state index contributed by atoms with van der Waals surface area (Å²) in [6.45, 7) is 1.74. The molecule has 0 aliphatic heterocycles. The highest BCUT2D eigenvalue weighted by molar-refractivity contribution is 5.61. The third kappa shape index (κ3) is 2.85. The summed E-state index contributed by atoms with van der Waals surface area (Å²) in [5, 5.41) is 4.52. The lowest BCUT2D eigenvalue weighted by molar-refractivity contribution is 0.375. The minimum absolute atomic E-state index is 0.714. The highest BCUT2D eigenvalue weighted by atomic mass is 15.3. The van der Waals surface area contributed by atoms with Gasteiger partial charge in [0.15, 0.2) is 0 Å². The van der Waals surface area contributed by atoms with Gasteiger partial charge in [-0.15, -0.1) is 0 Å². The molecule has 0 radical (unpaired) electrons. The molecule has 4 heteroatoms. The van der Waals surface area contributed by atoms with E-state index < -0.39 is 0 Å². The maximum atomic E-state index is 5.95. The summed E-state index contributed by atoms with van der Waals surface area (Å²) >= 11 is 0. The molecule has 1 aromatic heterocycles. The first-order valence-corrected chi connectivity index (χ1v) is 5.70. The number of rotatable bonds is 4. The second-order valence-electron chi connectivity index (χ2n) is 4.35. The first-order chi connectivity index (χ1) is 8.16. The van der Waals surface area contributed by atoms with Crippen LogP contribution in [-0.2, 0) is 6.54 Å². The molecule has 1 heterocycles. The van der Waals surface area contributed by atoms with Gasteiger partial charge in [0.2, 0.25) is 0 Å². The van der Waals surface area contributed by atoms with Crippen molar-refractivity contribution in [2.45, 2.75) is 6.54 Å². The highest BCUT2D eigenvalue weighted by Gasteiger charge is 2.06. The fourth-order valence-corrected chi connectivity index (χ4v) is 1.66. The van der Waals surface area contributed by atoms with E-state index >= 15 is 0 Å². The number of hydrogen-bond acceptors (Lipinski definition) is 3. The minimum Gasteiger partial charge on any atom is -0.384 e. The Labute approximate surface area is 102 Å². The van der Waals surface area contributed by atoms with Crippen molar-refractivity contribution in [1.82, 2.24) is 14.7 Å². The molecule has 90 valence electrons. The molecule has 0 atom stereocenters. The van der Waals surface area contributed by atoms with Crippen LogP contribution in [0.4, 0.5) is 5.82 Å². The van der Waals surface area contributed by atoms with E-state index in [1.807, 2.05) is 55.2 Å². The highest BCUT2D eigenvalue weighted by Crippen LogP contribution is 2.19. The number of likely N-dealkylation sites (N-methyl/N-ethyl adjacent to an activating group) is 1. The van der Waals surface area contributed by atoms with Gasteiger partial charge in [0.25, 0.3) is 0 Å². The van der Waals surface area contributed by atoms with E-state index in [1.165, 1.54) is 0 Å². The van der Waals surface area contributed by atoms with Crippen LogP contribution in [0.15, 0.2) is 36.4 Å². The fraction of sp³-hybridized carbons (Fsp3) is 0.308. The molecule has 0 saturated heterocycles. The number of anilines is 1. The summed E-state index contributed by atoms with van der Waals surface area (Å²) in [5.74, 6) is 0.714. The van der Waals surface area contributed by atoms with Crippen LogP contribution >= 0.6 is 0 Å². The second kappa shape index (κ2) is 5.01. The smallest absolute Gasteiger partial charge is 0.122 e. The average molecular weight is 230 g/mol. The molecule has 0 unspecified atom stereocenters. The second-order valence-corrected chi connectivity index (χ2v) is 4.35. The van der Waals surface area contributed by atoms with E-state index in [4.69, 9.17) is 5.73 Å². The van der Waals surface area contributed by atoms with Crippen LogP contribution in [0.25, 0.3) is 11.3 Å². The van der Waals surface area contributed by atoms with Crippen molar-refractivity contribution in [2.24, 2.45) is 0 Å². The molecule has 4 nitrogen and oxygen atoms in total. The average Bonchev–Trinajstić information content (AvgIpc) is 2.69. The Hall–Kier alpha value is -1.81. The van der Waals surface area contributed by atoms with Gasteiger partial charge in [0.1, 0.15) is 5.82 Å². The molecule has 1 aromatic carbocycles. The topological polar surface area (TPSA) is 47.1 Å². The molecule has 0 aliphatic carbocycles. The van der Waals surface area contributed by atoms with Crippen LogP contribution < -0.4 is 5.73 Å². The summed E-state index contributed by atoms with van der Waals surface area (Å²) in [4.78, 5) is 2.11. The minimum atomic E-state index is 0.714. The van der Waals surface area contributed by atoms with Crippen LogP contribution in [0.5, 0.6) is 0 Å². The summed E-state index contributed by atoms with van der Waals surface area (Å²) in [6, 6.07) is 12.0. The van der Waals surface area contributed by atoms with Crippen LogP contribution in [0.2, 0.25) is 0 Å². The molecule has 17 heavy (non-hydrogen) atoms. The molecule has 0 aliphatic rings. The van der Waals surface area contributed by atoms with Gasteiger partial charge < -0.3 is 10.6 Å². The predicted molar refractivity (Wildman–Crippen MR) is 70.6 cm³/mol. The van der Waals surface area contributed by atoms with Crippen molar-refractivity contribution in [3.63, 3.8) is 0 Å². The molecular formula is C13H18N4. The molecule has 2 rings (SSSR count). The van der Waals surface area contributed by atoms with Crippen LogP contribution in [0.1, 0.15) is 0 Å². The third-order valence-electron chi connectivity index (χ3n) is 2.64. The summed E-state index contributed by atoms with van der Waals surface area (Å²) < 4.78 is 1.85. The number of nitrogens with zero attached hydrogens (tertiary/aromatic N) is 3. The largest absolute Gasteiger partial charge is 0.384 e. The Morgan fingerprint density at radius 2 is 1.94 bits per heavy atom. The van der Waals surface area contributed by atoms with Crippen molar-refractivity contribution < 1.29 is 0 Å². The monoisotopic (exact) mass is 230 g/mol. The van der Waals surface area contributed by atoms with Crippen LogP contribution in [0.3, 0.4) is 0 Å². The zero-order chi connectivity index (χ0) is 12.3. The lowest BCUT2D eigenvalue weighted by Crippen LogP contribution is -2.19. The maximum absolute atomic E-state index is 5.95. The molecular weight excluding hydrogens is 212 g/mol. The number of nitrogens with two attached hydrogens (primary N) is 1. The Bertz CT molecular complexity index is 473. The van der Waals surface area contributed by atoms with Crippen molar-refractivity contribution in [3.8, 4) is 11.3 Å². The third-order valence-corrected chi connectivity index (χ3v) is 2.64. The van der Waals surface area contributed by atoms with E-state index in [0.717, 1.165) is 24.3 Å². The Kier molecular flexibility index (Phi) is 3.44. The Morgan fingerprint density at radius 1 is 1.24 bits per heavy atom. The first-order valence-electron chi connectivity index (χ1n) is 5.70. The predicted octanol–water partition coefficient (Wildman–Crippen LogP) is 1.69. The van der Waals surface area contributed by atoms with E-state index in [-0.39, 0.29) is 0 Å². The molecule has 0 fully saturated rings. The number of nitrogen functional groups attached to an aromatic ring is 1. The lowest BCUT2D eigenvalue weighted by atomic mass is 10.2. The maximum Gasteiger partial charge on any atom is 0.122 e. The van der Waals surface area contributed by atoms with Crippen molar-refractivity contribution in [3.05, 3.63) is 36.4 Å². The van der Waals surface area contributed by atoms with Gasteiger partial charge in [-0.3, -0.25) is 0 Å². The van der Waals surface area contributed by atoms with Gasteiger partial charge in [-0.25, -0.2) is 4.68 Å². The zero-order valence-corrected chi connectivity index (χ0v) is 10.3. The lowest BCUT2D eigenvalue weighted by Gasteiger charge is -2.09. The van der Waals surface area contributed by atoms with Crippen LogP contribution in [-0.4, -0.2) is 35.3 Å². The SMILES string of the molecule is CN(C)CCn1nc(-c2ccccc2)cc1N. The normalized spacial score (nSPS) is 11.0. The van der Waals surface area contributed by atoms with E-state index in [2.05, 4.69) is 10.00 Å². The van der Waals surface area contributed by atoms with Crippen molar-refractivity contribution in [2.75, 3.05) is 26.4 Å². The van der Waals surface area contributed by atoms with Crippen molar-refractivity contribution in [1.29, 1.82) is 0 Å². The summed E-state index contributed by atoms with van der Waals surface area (Å²) in [6.07, 6.45) is 0. The van der Waals surface area contributed by atoms with Gasteiger partial charge in [-0.2, -0.15) is 5.10 Å². The van der Waals surface area contributed by atoms with E-state index in [0.29, 0.717) is 5.82 Å². The molecule has 0 bridgehead atoms. The van der Waals surface area contributed by atoms with Gasteiger partial charge in [0.05, 0.1) is 12.2 Å². The quantitative estimate of drug-likeness (QED) is 0.869. The van der Waals surface area contributed by atoms with Gasteiger partial charge >= 0.3 is 0 Å².